The van der Waals surface area contributed by atoms with Crippen LogP contribution in [0.4, 0.5) is 0 Å². The number of hydrogen-bond acceptors (Lipinski definition) is 3. The van der Waals surface area contributed by atoms with E-state index in [4.69, 9.17) is 5.73 Å². The molecule has 0 unspecified atom stereocenters. The van der Waals surface area contributed by atoms with Crippen LogP contribution in [0.1, 0.15) is 11.1 Å². The van der Waals surface area contributed by atoms with Crippen molar-refractivity contribution in [3.05, 3.63) is 35.4 Å². The second-order valence-corrected chi connectivity index (χ2v) is 2.38. The lowest BCUT2D eigenvalue weighted by Gasteiger charge is -2.04. The first kappa shape index (κ1) is 8.74. The highest BCUT2D eigenvalue weighted by atomic mass is 16.5. The summed E-state index contributed by atoms with van der Waals surface area (Å²) < 4.78 is 4.63. The first-order valence-electron chi connectivity index (χ1n) is 3.70. The molecule has 3 nitrogen and oxygen atoms in total. The second-order valence-electron chi connectivity index (χ2n) is 2.38. The first-order valence-corrected chi connectivity index (χ1v) is 3.70. The van der Waals surface area contributed by atoms with Gasteiger partial charge in [-0.3, -0.25) is 4.79 Å². The van der Waals surface area contributed by atoms with Gasteiger partial charge in [-0.05, 0) is 11.1 Å². The molecule has 64 valence electrons. The van der Waals surface area contributed by atoms with Gasteiger partial charge in [0.15, 0.2) is 0 Å². The molecule has 1 aromatic carbocycles. The van der Waals surface area contributed by atoms with Crippen LogP contribution in [0.3, 0.4) is 0 Å². The van der Waals surface area contributed by atoms with Gasteiger partial charge < -0.3 is 10.5 Å². The molecule has 0 saturated heterocycles. The Hall–Kier alpha value is -1.35. The lowest BCUT2D eigenvalue weighted by molar-refractivity contribution is -0.129. The van der Waals surface area contributed by atoms with Gasteiger partial charge in [-0.25, -0.2) is 0 Å². The van der Waals surface area contributed by atoms with Crippen LogP contribution in [-0.2, 0) is 22.7 Å². The normalized spacial score (nSPS) is 9.42. The highest BCUT2D eigenvalue weighted by Crippen LogP contribution is 2.08. The van der Waals surface area contributed by atoms with Gasteiger partial charge in [-0.15, -0.1) is 0 Å². The molecule has 0 fully saturated rings. The third-order valence-corrected chi connectivity index (χ3v) is 1.65. The maximum atomic E-state index is 9.92. The van der Waals surface area contributed by atoms with Crippen LogP contribution in [-0.4, -0.2) is 6.47 Å². The molecule has 0 radical (unpaired) electrons. The molecule has 0 bridgehead atoms. The molecule has 2 N–H and O–H groups in total. The van der Waals surface area contributed by atoms with E-state index < -0.39 is 0 Å². The Morgan fingerprint density at radius 1 is 1.33 bits per heavy atom. The van der Waals surface area contributed by atoms with Gasteiger partial charge in [-0.2, -0.15) is 0 Å². The van der Waals surface area contributed by atoms with Gasteiger partial charge in [-0.1, -0.05) is 24.3 Å². The Kier molecular flexibility index (Phi) is 3.29. The molecule has 0 aliphatic heterocycles. The van der Waals surface area contributed by atoms with Gasteiger partial charge in [0.05, 0.1) is 0 Å². The zero-order chi connectivity index (χ0) is 8.81. The Morgan fingerprint density at radius 2 is 2.00 bits per heavy atom. The summed E-state index contributed by atoms with van der Waals surface area (Å²) in [5.74, 6) is 0. The van der Waals surface area contributed by atoms with E-state index in [1.165, 1.54) is 0 Å². The quantitative estimate of drug-likeness (QED) is 0.672. The van der Waals surface area contributed by atoms with Crippen LogP contribution >= 0.6 is 0 Å². The number of carbonyl (C=O) groups is 1. The van der Waals surface area contributed by atoms with Gasteiger partial charge in [0.25, 0.3) is 6.47 Å². The Balaban J connectivity index is 2.74. The zero-order valence-electron chi connectivity index (χ0n) is 6.69. The van der Waals surface area contributed by atoms with Crippen molar-refractivity contribution in [2.75, 3.05) is 0 Å². The van der Waals surface area contributed by atoms with Gasteiger partial charge in [0.2, 0.25) is 0 Å². The summed E-state index contributed by atoms with van der Waals surface area (Å²) in [6, 6.07) is 7.62. The molecule has 0 atom stereocenters. The highest BCUT2D eigenvalue weighted by Gasteiger charge is 1.98. The molecule has 0 saturated carbocycles. The predicted molar refractivity (Wildman–Crippen MR) is 45.2 cm³/mol. The van der Waals surface area contributed by atoms with Crippen molar-refractivity contribution >= 4 is 6.47 Å². The van der Waals surface area contributed by atoms with Crippen LogP contribution in [0.5, 0.6) is 0 Å². The van der Waals surface area contributed by atoms with Crippen LogP contribution in [0, 0.1) is 0 Å². The summed E-state index contributed by atoms with van der Waals surface area (Å²) in [5.41, 5.74) is 7.46. The zero-order valence-corrected chi connectivity index (χ0v) is 6.69. The van der Waals surface area contributed by atoms with E-state index in [9.17, 15) is 4.79 Å². The summed E-state index contributed by atoms with van der Waals surface area (Å²) in [4.78, 5) is 9.92. The van der Waals surface area contributed by atoms with Gasteiger partial charge in [0.1, 0.15) is 6.61 Å². The van der Waals surface area contributed by atoms with Crippen molar-refractivity contribution in [3.8, 4) is 0 Å². The molecule has 0 aliphatic rings. The average molecular weight is 165 g/mol. The third kappa shape index (κ3) is 2.07. The molecular formula is C9H11NO2. The standard InChI is InChI=1S/C9H11NO2/c10-5-8-3-1-2-4-9(8)6-12-7-11/h1-4,7H,5-6,10H2. The lowest BCUT2D eigenvalue weighted by atomic mass is 10.1. The number of hydrogen-bond donors (Lipinski definition) is 1. The topological polar surface area (TPSA) is 52.3 Å². The van der Waals surface area contributed by atoms with Gasteiger partial charge >= 0.3 is 0 Å². The summed E-state index contributed by atoms with van der Waals surface area (Å²) in [5, 5.41) is 0. The van der Waals surface area contributed by atoms with Gasteiger partial charge in [0, 0.05) is 6.54 Å². The molecule has 0 heterocycles. The van der Waals surface area contributed by atoms with E-state index in [0.717, 1.165) is 11.1 Å². The molecule has 0 spiro atoms. The smallest absolute Gasteiger partial charge is 0.293 e. The highest BCUT2D eigenvalue weighted by molar-refractivity contribution is 5.38. The molecule has 0 aliphatic carbocycles. The third-order valence-electron chi connectivity index (χ3n) is 1.65. The Bertz CT molecular complexity index is 260. The summed E-state index contributed by atoms with van der Waals surface area (Å²) in [6.45, 7) is 1.21. The van der Waals surface area contributed by atoms with Crippen LogP contribution in [0.2, 0.25) is 0 Å². The maximum Gasteiger partial charge on any atom is 0.293 e. The molecular weight excluding hydrogens is 154 g/mol. The molecule has 12 heavy (non-hydrogen) atoms. The van der Waals surface area contributed by atoms with E-state index in [1.54, 1.807) is 0 Å². The van der Waals surface area contributed by atoms with E-state index in [1.807, 2.05) is 24.3 Å². The minimum Gasteiger partial charge on any atom is -0.463 e. The minimum atomic E-state index is 0.302. The van der Waals surface area contributed by atoms with Crippen molar-refractivity contribution in [1.29, 1.82) is 0 Å². The molecule has 3 heteroatoms. The van der Waals surface area contributed by atoms with Crippen molar-refractivity contribution < 1.29 is 9.53 Å². The fraction of sp³-hybridized carbons (Fsp3) is 0.222. The molecule has 0 aromatic heterocycles. The van der Waals surface area contributed by atoms with E-state index in [2.05, 4.69) is 4.74 Å². The molecule has 1 rings (SSSR count). The van der Waals surface area contributed by atoms with Crippen LogP contribution < -0.4 is 5.73 Å². The number of rotatable bonds is 4. The van der Waals surface area contributed by atoms with Crippen molar-refractivity contribution in [2.45, 2.75) is 13.2 Å². The first-order chi connectivity index (χ1) is 5.88. The van der Waals surface area contributed by atoms with Crippen molar-refractivity contribution in [1.82, 2.24) is 0 Å². The van der Waals surface area contributed by atoms with Crippen molar-refractivity contribution in [3.63, 3.8) is 0 Å². The fourth-order valence-electron chi connectivity index (χ4n) is 1.02. The van der Waals surface area contributed by atoms with Crippen LogP contribution in [0.25, 0.3) is 0 Å². The number of nitrogens with two attached hydrogens (primary N) is 1. The molecule has 0 amide bonds. The molecule has 1 aromatic rings. The maximum absolute atomic E-state index is 9.92. The minimum absolute atomic E-state index is 0.302. The number of carbonyl (C=O) groups excluding carboxylic acids is 1. The fourth-order valence-corrected chi connectivity index (χ4v) is 1.02. The SMILES string of the molecule is NCc1ccccc1COC=O. The van der Waals surface area contributed by atoms with E-state index in [0.29, 0.717) is 19.6 Å². The summed E-state index contributed by atoms with van der Waals surface area (Å²) >= 11 is 0. The van der Waals surface area contributed by atoms with E-state index in [-0.39, 0.29) is 0 Å². The van der Waals surface area contributed by atoms with E-state index >= 15 is 0 Å². The van der Waals surface area contributed by atoms with Crippen molar-refractivity contribution in [2.24, 2.45) is 5.73 Å². The van der Waals surface area contributed by atoms with Crippen LogP contribution in [0.15, 0.2) is 24.3 Å². The second kappa shape index (κ2) is 4.51. The summed E-state index contributed by atoms with van der Waals surface area (Å²) in [6.07, 6.45) is 0. The largest absolute Gasteiger partial charge is 0.463 e. The summed E-state index contributed by atoms with van der Waals surface area (Å²) in [7, 11) is 0. The average Bonchev–Trinajstić information content (AvgIpc) is 2.15. The number of benzene rings is 1. The Labute approximate surface area is 71.1 Å². The Morgan fingerprint density at radius 3 is 2.58 bits per heavy atom. The number of ether oxygens (including phenoxy) is 1. The predicted octanol–water partition coefficient (Wildman–Crippen LogP) is 0.818. The monoisotopic (exact) mass is 165 g/mol. The lowest BCUT2D eigenvalue weighted by Crippen LogP contribution is -2.02.